The van der Waals surface area contributed by atoms with Crippen molar-refractivity contribution in [3.63, 3.8) is 0 Å². The molecule has 93 heavy (non-hydrogen) atoms. The third kappa shape index (κ3) is 9.67. The maximum Gasteiger partial charge on any atom is 0.213 e. The average molecular weight is 1220 g/mol. The highest BCUT2D eigenvalue weighted by Crippen LogP contribution is 2.60. The molecule has 3 aliphatic carbocycles. The Hall–Kier alpha value is -8.79. The van der Waals surface area contributed by atoms with E-state index in [9.17, 15) is 0 Å². The number of benzene rings is 9. The summed E-state index contributed by atoms with van der Waals surface area (Å²) in [7, 11) is 6.48. The minimum Gasteiger partial charge on any atom is -0.201 e. The van der Waals surface area contributed by atoms with Crippen molar-refractivity contribution in [2.45, 2.75) is 157 Å². The SMILES string of the molecule is Cc1ccc(-c2c(C)ccc3c2-c2cc4ccccc4cc2C(C)(C)C3(C)C)[n+](C)c1.Cc1ccc(-c2c(C)ccc3c2-c2ccc4ccccc4c2C(C)(C)C3(C)C)[n+](C)c1.Cc1ccc(-c2cc3c(cc2C)-c2ccc4ccccc4c2C(C)(C)C3(C)C)[n+](C)c1. The Bertz CT molecular complexity index is 4950. The zero-order chi connectivity index (χ0) is 66.4. The van der Waals surface area contributed by atoms with Gasteiger partial charge in [0.1, 0.15) is 21.1 Å². The Morgan fingerprint density at radius 1 is 0.247 bits per heavy atom. The van der Waals surface area contributed by atoms with E-state index in [0.717, 1.165) is 0 Å². The summed E-state index contributed by atoms with van der Waals surface area (Å²) < 4.78 is 6.82. The van der Waals surface area contributed by atoms with E-state index in [4.69, 9.17) is 0 Å². The second-order valence-electron chi connectivity index (χ2n) is 31.1. The maximum absolute atomic E-state index is 2.47. The van der Waals surface area contributed by atoms with Gasteiger partial charge in [-0.1, -0.05) is 210 Å². The number of hydrogen-bond donors (Lipinski definition) is 0. The van der Waals surface area contributed by atoms with Crippen LogP contribution in [0.2, 0.25) is 0 Å². The molecule has 0 saturated heterocycles. The standard InChI is InChI=1S/3C30H32N/c1-19-12-17-25(31(7)18-19)26-20(2)13-16-24-27(26)23-15-14-21-10-8-9-11-22(21)28(23)30(5,6)29(24,3)4;1-19-12-15-27(31(7)18-19)24-17-26-25(16-20(24)2)23-14-13-21-10-8-9-11-22(21)28(23)30(5,6)29(26,3)4;1-19-12-15-26(31(7)18-19)27-20(2)13-14-24-28(27)23-16-21-10-8-9-11-22(21)17-25(23)30(5,6)29(24,3)4/h3*8-18H,1-7H3/q3*+1. The van der Waals surface area contributed by atoms with Crippen molar-refractivity contribution in [2.75, 3.05) is 0 Å². The smallest absolute Gasteiger partial charge is 0.201 e. The molecule has 3 aliphatic rings. The Morgan fingerprint density at radius 3 is 1.11 bits per heavy atom. The van der Waals surface area contributed by atoms with Crippen molar-refractivity contribution in [1.29, 1.82) is 0 Å². The molecule has 3 heterocycles. The van der Waals surface area contributed by atoms with Gasteiger partial charge in [-0.25, -0.2) is 13.7 Å². The Labute approximate surface area is 555 Å². The molecule has 12 aromatic rings. The zero-order valence-corrected chi connectivity index (χ0v) is 59.4. The first-order valence-corrected chi connectivity index (χ1v) is 33.8. The molecule has 3 heteroatoms. The van der Waals surface area contributed by atoms with Crippen LogP contribution < -0.4 is 13.7 Å². The van der Waals surface area contributed by atoms with E-state index in [1.54, 1.807) is 0 Å². The number of hydrogen-bond acceptors (Lipinski definition) is 0. The summed E-state index contributed by atoms with van der Waals surface area (Å²) in [6.45, 7) is 42.3. The van der Waals surface area contributed by atoms with Gasteiger partial charge in [-0.3, -0.25) is 0 Å². The van der Waals surface area contributed by atoms with Crippen molar-refractivity contribution in [1.82, 2.24) is 0 Å². The van der Waals surface area contributed by atoms with E-state index in [-0.39, 0.29) is 32.5 Å². The maximum atomic E-state index is 2.47. The predicted molar refractivity (Wildman–Crippen MR) is 395 cm³/mol. The van der Waals surface area contributed by atoms with Crippen LogP contribution in [0.25, 0.3) is 99.5 Å². The fourth-order valence-electron chi connectivity index (χ4n) is 16.7. The second kappa shape index (κ2) is 22.2. The zero-order valence-electron chi connectivity index (χ0n) is 59.4. The number of aromatic nitrogens is 3. The van der Waals surface area contributed by atoms with Crippen LogP contribution in [0, 0.1) is 41.5 Å². The molecule has 3 nitrogen and oxygen atoms in total. The van der Waals surface area contributed by atoms with Crippen LogP contribution in [-0.2, 0) is 53.6 Å². The summed E-state index contributed by atoms with van der Waals surface area (Å²) in [6, 6.07) is 68.4. The highest BCUT2D eigenvalue weighted by molar-refractivity contribution is 6.01. The lowest BCUT2D eigenvalue weighted by molar-refractivity contribution is -0.660. The third-order valence-corrected chi connectivity index (χ3v) is 24.0. The summed E-state index contributed by atoms with van der Waals surface area (Å²) in [5.41, 5.74) is 32.8. The third-order valence-electron chi connectivity index (χ3n) is 24.0. The average Bonchev–Trinajstić information content (AvgIpc) is 0.714. The quantitative estimate of drug-likeness (QED) is 0.156. The van der Waals surface area contributed by atoms with Gasteiger partial charge in [-0.2, -0.15) is 0 Å². The molecule has 3 aromatic heterocycles. The lowest BCUT2D eigenvalue weighted by Gasteiger charge is -2.49. The summed E-state index contributed by atoms with van der Waals surface area (Å²) in [4.78, 5) is 0. The number of nitrogens with zero attached hydrogens (tertiary/aromatic N) is 3. The van der Waals surface area contributed by atoms with E-state index < -0.39 is 0 Å². The summed E-state index contributed by atoms with van der Waals surface area (Å²) in [5.74, 6) is 0. The van der Waals surface area contributed by atoms with Crippen LogP contribution in [0.15, 0.2) is 201 Å². The molecule has 0 fully saturated rings. The molecule has 0 N–H and O–H groups in total. The van der Waals surface area contributed by atoms with E-state index in [2.05, 4.69) is 360 Å². The van der Waals surface area contributed by atoms with Crippen LogP contribution in [-0.4, -0.2) is 0 Å². The van der Waals surface area contributed by atoms with Crippen molar-refractivity contribution in [3.8, 4) is 67.2 Å². The molecule has 0 amide bonds. The van der Waals surface area contributed by atoms with Crippen LogP contribution in [0.1, 0.15) is 150 Å². The van der Waals surface area contributed by atoms with Gasteiger partial charge in [0.2, 0.25) is 17.1 Å². The van der Waals surface area contributed by atoms with Gasteiger partial charge in [0.25, 0.3) is 0 Å². The van der Waals surface area contributed by atoms with Crippen molar-refractivity contribution in [2.24, 2.45) is 21.1 Å². The van der Waals surface area contributed by atoms with Gasteiger partial charge in [0.05, 0.1) is 11.1 Å². The first kappa shape index (κ1) is 63.0. The molecular weight excluding hydrogens is 1120 g/mol. The predicted octanol–water partition coefficient (Wildman–Crippen LogP) is 21.6. The van der Waals surface area contributed by atoms with Crippen molar-refractivity contribution in [3.05, 3.63) is 267 Å². The molecule has 0 radical (unpaired) electrons. The Balaban J connectivity index is 0.000000127. The van der Waals surface area contributed by atoms with E-state index in [0.29, 0.717) is 0 Å². The van der Waals surface area contributed by atoms with Crippen molar-refractivity contribution < 1.29 is 13.7 Å². The molecule has 0 spiro atoms. The highest BCUT2D eigenvalue weighted by atomic mass is 14.9. The number of pyridine rings is 3. The normalized spacial score (nSPS) is 16.1. The topological polar surface area (TPSA) is 11.6 Å². The highest BCUT2D eigenvalue weighted by Gasteiger charge is 2.50. The van der Waals surface area contributed by atoms with Gasteiger partial charge in [-0.15, -0.1) is 0 Å². The molecule has 0 unspecified atom stereocenters. The second-order valence-corrected chi connectivity index (χ2v) is 31.1. The largest absolute Gasteiger partial charge is 0.213 e. The van der Waals surface area contributed by atoms with Gasteiger partial charge >= 0.3 is 0 Å². The number of rotatable bonds is 3. The molecular formula is C90H96N3+3. The van der Waals surface area contributed by atoms with Crippen LogP contribution >= 0.6 is 0 Å². The molecule has 15 rings (SSSR count). The Kier molecular flexibility index (Phi) is 15.0. The van der Waals surface area contributed by atoms with E-state index in [1.165, 1.54) is 166 Å². The van der Waals surface area contributed by atoms with Crippen LogP contribution in [0.3, 0.4) is 0 Å². The first-order chi connectivity index (χ1) is 43.9. The van der Waals surface area contributed by atoms with Crippen LogP contribution in [0.4, 0.5) is 0 Å². The summed E-state index contributed by atoms with van der Waals surface area (Å²) >= 11 is 0. The molecule has 0 bridgehead atoms. The molecule has 0 saturated carbocycles. The fraction of sp³-hybridized carbons (Fsp3) is 0.300. The summed E-state index contributed by atoms with van der Waals surface area (Å²) in [5, 5.41) is 8.05. The van der Waals surface area contributed by atoms with Gasteiger partial charge < -0.3 is 0 Å². The van der Waals surface area contributed by atoms with Crippen LogP contribution in [0.5, 0.6) is 0 Å². The molecule has 9 aromatic carbocycles. The fourth-order valence-corrected chi connectivity index (χ4v) is 16.7. The molecule has 468 valence electrons. The van der Waals surface area contributed by atoms with Gasteiger partial charge in [0.15, 0.2) is 18.6 Å². The number of aryl methyl sites for hydroxylation is 9. The summed E-state index contributed by atoms with van der Waals surface area (Å²) in [6.07, 6.45) is 6.67. The molecule has 0 atom stereocenters. The Morgan fingerprint density at radius 2 is 0.624 bits per heavy atom. The van der Waals surface area contributed by atoms with E-state index >= 15 is 0 Å². The van der Waals surface area contributed by atoms with E-state index in [1.807, 2.05) is 0 Å². The molecule has 0 aliphatic heterocycles. The first-order valence-electron chi connectivity index (χ1n) is 33.8. The lowest BCUT2D eigenvalue weighted by atomic mass is 9.54. The van der Waals surface area contributed by atoms with Crippen molar-refractivity contribution >= 4 is 32.3 Å². The monoisotopic (exact) mass is 1220 g/mol. The minimum atomic E-state index is -0.00875. The van der Waals surface area contributed by atoms with Gasteiger partial charge in [-0.05, 0) is 215 Å². The number of fused-ring (bicyclic) bond motifs is 14. The van der Waals surface area contributed by atoms with Gasteiger partial charge in [0, 0.05) is 51.3 Å². The lowest BCUT2D eigenvalue weighted by Crippen LogP contribution is -2.44. The minimum absolute atomic E-state index is 0.00180.